The number of nitrogen functional groups attached to an aromatic ring is 1. The average Bonchev–Trinajstić information content (AvgIpc) is 2.38. The molecule has 0 bridgehead atoms. The third kappa shape index (κ3) is 3.13. The molecule has 1 atom stereocenters. The standard InChI is InChI=1S/C13H18N2O3/c14-11-5-4-9(13(16)17)7-12(11)15-8-10-3-1-2-6-18-10/h4-5,7,10,15H,1-3,6,8,14H2,(H,16,17)/t10-/m0/s1. The van der Waals surface area contributed by atoms with Crippen LogP contribution in [0.15, 0.2) is 18.2 Å². The topological polar surface area (TPSA) is 84.6 Å². The Labute approximate surface area is 106 Å². The highest BCUT2D eigenvalue weighted by Crippen LogP contribution is 2.21. The van der Waals surface area contributed by atoms with Gasteiger partial charge in [0.1, 0.15) is 0 Å². The van der Waals surface area contributed by atoms with Gasteiger partial charge in [-0.15, -0.1) is 0 Å². The van der Waals surface area contributed by atoms with Gasteiger partial charge in [0.2, 0.25) is 0 Å². The van der Waals surface area contributed by atoms with E-state index in [1.165, 1.54) is 12.5 Å². The lowest BCUT2D eigenvalue weighted by molar-refractivity contribution is 0.0248. The molecule has 1 aliphatic rings. The zero-order valence-electron chi connectivity index (χ0n) is 10.2. The third-order valence-corrected chi connectivity index (χ3v) is 3.09. The Bertz CT molecular complexity index is 428. The van der Waals surface area contributed by atoms with Crippen LogP contribution in [0, 0.1) is 0 Å². The van der Waals surface area contributed by atoms with Gasteiger partial charge in [0, 0.05) is 13.2 Å². The van der Waals surface area contributed by atoms with Gasteiger partial charge in [-0.3, -0.25) is 0 Å². The van der Waals surface area contributed by atoms with Crippen molar-refractivity contribution in [2.45, 2.75) is 25.4 Å². The van der Waals surface area contributed by atoms with Crippen molar-refractivity contribution in [2.75, 3.05) is 24.2 Å². The first kappa shape index (κ1) is 12.7. The largest absolute Gasteiger partial charge is 0.478 e. The second-order valence-electron chi connectivity index (χ2n) is 4.48. The van der Waals surface area contributed by atoms with Crippen LogP contribution >= 0.6 is 0 Å². The molecule has 5 heteroatoms. The number of hydrogen-bond acceptors (Lipinski definition) is 4. The molecule has 1 saturated heterocycles. The smallest absolute Gasteiger partial charge is 0.335 e. The van der Waals surface area contributed by atoms with Crippen molar-refractivity contribution < 1.29 is 14.6 Å². The first-order valence-electron chi connectivity index (χ1n) is 6.15. The Morgan fingerprint density at radius 2 is 2.33 bits per heavy atom. The monoisotopic (exact) mass is 250 g/mol. The van der Waals surface area contributed by atoms with Crippen LogP contribution in [0.2, 0.25) is 0 Å². The number of nitrogens with two attached hydrogens (primary N) is 1. The van der Waals surface area contributed by atoms with E-state index < -0.39 is 5.97 Å². The van der Waals surface area contributed by atoms with Crippen LogP contribution in [-0.4, -0.2) is 30.3 Å². The summed E-state index contributed by atoms with van der Waals surface area (Å²) in [6.45, 7) is 1.46. The van der Waals surface area contributed by atoms with E-state index in [2.05, 4.69) is 5.32 Å². The van der Waals surface area contributed by atoms with Gasteiger partial charge in [-0.05, 0) is 37.5 Å². The fraction of sp³-hybridized carbons (Fsp3) is 0.462. The molecular weight excluding hydrogens is 232 g/mol. The van der Waals surface area contributed by atoms with E-state index in [9.17, 15) is 4.79 Å². The number of aromatic carboxylic acids is 1. The predicted molar refractivity (Wildman–Crippen MR) is 69.9 cm³/mol. The van der Waals surface area contributed by atoms with E-state index in [0.717, 1.165) is 19.4 Å². The highest BCUT2D eigenvalue weighted by atomic mass is 16.5. The predicted octanol–water partition coefficient (Wildman–Crippen LogP) is 1.95. The maximum Gasteiger partial charge on any atom is 0.335 e. The first-order valence-corrected chi connectivity index (χ1v) is 6.15. The second-order valence-corrected chi connectivity index (χ2v) is 4.48. The summed E-state index contributed by atoms with van der Waals surface area (Å²) in [5, 5.41) is 12.1. The molecule has 0 amide bonds. The molecule has 0 aromatic heterocycles. The zero-order chi connectivity index (χ0) is 13.0. The summed E-state index contributed by atoms with van der Waals surface area (Å²) in [5.41, 5.74) is 7.25. The van der Waals surface area contributed by atoms with Crippen molar-refractivity contribution in [1.82, 2.24) is 0 Å². The number of carboxylic acids is 1. The first-order chi connectivity index (χ1) is 8.66. The number of anilines is 2. The van der Waals surface area contributed by atoms with Crippen molar-refractivity contribution in [2.24, 2.45) is 0 Å². The minimum atomic E-state index is -0.952. The number of rotatable bonds is 4. The Hall–Kier alpha value is -1.75. The van der Waals surface area contributed by atoms with Crippen molar-refractivity contribution in [1.29, 1.82) is 0 Å². The zero-order valence-corrected chi connectivity index (χ0v) is 10.2. The Kier molecular flexibility index (Phi) is 4.04. The van der Waals surface area contributed by atoms with Crippen molar-refractivity contribution in [3.05, 3.63) is 23.8 Å². The van der Waals surface area contributed by atoms with E-state index in [4.69, 9.17) is 15.6 Å². The highest BCUT2D eigenvalue weighted by molar-refractivity contribution is 5.90. The van der Waals surface area contributed by atoms with E-state index in [1.807, 2.05) is 0 Å². The van der Waals surface area contributed by atoms with Gasteiger partial charge in [0.05, 0.1) is 23.0 Å². The second kappa shape index (κ2) is 5.73. The molecule has 1 aromatic rings. The molecule has 0 unspecified atom stereocenters. The Morgan fingerprint density at radius 3 is 3.00 bits per heavy atom. The van der Waals surface area contributed by atoms with Crippen LogP contribution in [-0.2, 0) is 4.74 Å². The number of carbonyl (C=O) groups is 1. The quantitative estimate of drug-likeness (QED) is 0.711. The van der Waals surface area contributed by atoms with Crippen LogP contribution in [0.1, 0.15) is 29.6 Å². The molecular formula is C13H18N2O3. The number of benzene rings is 1. The fourth-order valence-electron chi connectivity index (χ4n) is 2.03. The lowest BCUT2D eigenvalue weighted by atomic mass is 10.1. The molecule has 0 aliphatic carbocycles. The summed E-state index contributed by atoms with van der Waals surface area (Å²) in [6.07, 6.45) is 3.52. The highest BCUT2D eigenvalue weighted by Gasteiger charge is 2.14. The summed E-state index contributed by atoms with van der Waals surface area (Å²) in [6, 6.07) is 4.66. The normalized spacial score (nSPS) is 19.4. The molecule has 1 aromatic carbocycles. The van der Waals surface area contributed by atoms with Gasteiger partial charge in [0.25, 0.3) is 0 Å². The van der Waals surface area contributed by atoms with E-state index >= 15 is 0 Å². The molecule has 18 heavy (non-hydrogen) atoms. The molecule has 0 saturated carbocycles. The van der Waals surface area contributed by atoms with Gasteiger partial charge in [-0.25, -0.2) is 4.79 Å². The van der Waals surface area contributed by atoms with Gasteiger partial charge < -0.3 is 20.9 Å². The molecule has 4 N–H and O–H groups in total. The summed E-state index contributed by atoms with van der Waals surface area (Å²) >= 11 is 0. The van der Waals surface area contributed by atoms with Gasteiger partial charge in [0.15, 0.2) is 0 Å². The number of nitrogens with one attached hydrogen (secondary N) is 1. The van der Waals surface area contributed by atoms with E-state index in [1.54, 1.807) is 12.1 Å². The number of hydrogen-bond donors (Lipinski definition) is 3. The van der Waals surface area contributed by atoms with Crippen LogP contribution in [0.3, 0.4) is 0 Å². The van der Waals surface area contributed by atoms with Gasteiger partial charge in [-0.1, -0.05) is 0 Å². The van der Waals surface area contributed by atoms with Gasteiger partial charge in [-0.2, -0.15) is 0 Å². The molecule has 1 heterocycles. The third-order valence-electron chi connectivity index (χ3n) is 3.09. The van der Waals surface area contributed by atoms with Crippen LogP contribution in [0.25, 0.3) is 0 Å². The van der Waals surface area contributed by atoms with Crippen LogP contribution < -0.4 is 11.1 Å². The average molecular weight is 250 g/mol. The molecule has 1 fully saturated rings. The minimum absolute atomic E-state index is 0.187. The van der Waals surface area contributed by atoms with E-state index in [-0.39, 0.29) is 11.7 Å². The number of carboxylic acid groups (broad SMARTS) is 1. The van der Waals surface area contributed by atoms with Crippen molar-refractivity contribution in [3.63, 3.8) is 0 Å². The maximum atomic E-state index is 10.9. The lowest BCUT2D eigenvalue weighted by Crippen LogP contribution is -2.27. The van der Waals surface area contributed by atoms with E-state index in [0.29, 0.717) is 17.9 Å². The van der Waals surface area contributed by atoms with Crippen molar-refractivity contribution >= 4 is 17.3 Å². The molecule has 0 spiro atoms. The van der Waals surface area contributed by atoms with Crippen LogP contribution in [0.5, 0.6) is 0 Å². The molecule has 2 rings (SSSR count). The molecule has 98 valence electrons. The van der Waals surface area contributed by atoms with Crippen LogP contribution in [0.4, 0.5) is 11.4 Å². The van der Waals surface area contributed by atoms with Gasteiger partial charge >= 0.3 is 5.97 Å². The summed E-state index contributed by atoms with van der Waals surface area (Å²) in [7, 11) is 0. The van der Waals surface area contributed by atoms with Crippen molar-refractivity contribution in [3.8, 4) is 0 Å². The summed E-state index contributed by atoms with van der Waals surface area (Å²) < 4.78 is 5.60. The SMILES string of the molecule is Nc1ccc(C(=O)O)cc1NC[C@@H]1CCCCO1. The Morgan fingerprint density at radius 1 is 1.50 bits per heavy atom. The maximum absolute atomic E-state index is 10.9. The molecule has 5 nitrogen and oxygen atoms in total. The summed E-state index contributed by atoms with van der Waals surface area (Å²) in [5.74, 6) is -0.952. The molecule has 1 aliphatic heterocycles. The lowest BCUT2D eigenvalue weighted by Gasteiger charge is -2.23. The molecule has 0 radical (unpaired) electrons. The fourth-order valence-corrected chi connectivity index (χ4v) is 2.03. The number of ether oxygens (including phenoxy) is 1. The summed E-state index contributed by atoms with van der Waals surface area (Å²) in [4.78, 5) is 10.9. The minimum Gasteiger partial charge on any atom is -0.478 e. The Balaban J connectivity index is 1.99.